The van der Waals surface area contributed by atoms with E-state index in [0.717, 1.165) is 56.6 Å². The molecule has 1 aliphatic carbocycles. The van der Waals surface area contributed by atoms with Crippen molar-refractivity contribution in [1.82, 2.24) is 19.7 Å². The molecule has 1 saturated heterocycles. The molecule has 0 spiro atoms. The van der Waals surface area contributed by atoms with Crippen molar-refractivity contribution in [1.29, 1.82) is 0 Å². The number of aliphatic hydroxyl groups is 1. The van der Waals surface area contributed by atoms with Gasteiger partial charge in [0.2, 0.25) is 0 Å². The first-order valence-electron chi connectivity index (χ1n) is 9.55. The zero-order valence-electron chi connectivity index (χ0n) is 15.0. The molecule has 0 amide bonds. The Balaban J connectivity index is 1.36. The van der Waals surface area contributed by atoms with Gasteiger partial charge in [-0.1, -0.05) is 19.3 Å². The molecule has 2 aromatic rings. The second kappa shape index (κ2) is 7.29. The molecular formula is C20H26N4O2. The van der Waals surface area contributed by atoms with Crippen molar-refractivity contribution in [2.24, 2.45) is 5.92 Å². The number of rotatable bonds is 5. The molecule has 0 atom stereocenters. The molecular weight excluding hydrogens is 328 g/mol. The van der Waals surface area contributed by atoms with E-state index in [9.17, 15) is 9.90 Å². The second-order valence-electron chi connectivity index (χ2n) is 7.82. The zero-order chi connectivity index (χ0) is 18.0. The van der Waals surface area contributed by atoms with E-state index in [1.165, 1.54) is 6.42 Å². The van der Waals surface area contributed by atoms with Crippen LogP contribution >= 0.6 is 0 Å². The predicted molar refractivity (Wildman–Crippen MR) is 99.7 cm³/mol. The lowest BCUT2D eigenvalue weighted by Gasteiger charge is -2.45. The Hall–Kier alpha value is -2.05. The van der Waals surface area contributed by atoms with Crippen LogP contribution in [0.15, 0.2) is 41.5 Å². The van der Waals surface area contributed by atoms with E-state index in [4.69, 9.17) is 0 Å². The summed E-state index contributed by atoms with van der Waals surface area (Å²) >= 11 is 0. The molecule has 3 heterocycles. The summed E-state index contributed by atoms with van der Waals surface area (Å²) in [6.07, 6.45) is 8.81. The molecule has 26 heavy (non-hydrogen) atoms. The van der Waals surface area contributed by atoms with Crippen molar-refractivity contribution in [2.75, 3.05) is 19.6 Å². The van der Waals surface area contributed by atoms with Crippen molar-refractivity contribution >= 4 is 0 Å². The highest BCUT2D eigenvalue weighted by molar-refractivity contribution is 5.56. The minimum atomic E-state index is -0.500. The Bertz CT molecular complexity index is 793. The van der Waals surface area contributed by atoms with E-state index in [1.54, 1.807) is 29.2 Å². The van der Waals surface area contributed by atoms with E-state index >= 15 is 0 Å². The van der Waals surface area contributed by atoms with E-state index in [1.807, 2.05) is 12.1 Å². The van der Waals surface area contributed by atoms with Gasteiger partial charge in [0.25, 0.3) is 5.56 Å². The van der Waals surface area contributed by atoms with Gasteiger partial charge in [0.1, 0.15) is 0 Å². The van der Waals surface area contributed by atoms with E-state index < -0.39 is 5.60 Å². The first-order valence-corrected chi connectivity index (χ1v) is 9.55. The van der Waals surface area contributed by atoms with E-state index in [0.29, 0.717) is 12.5 Å². The van der Waals surface area contributed by atoms with E-state index in [-0.39, 0.29) is 5.56 Å². The van der Waals surface area contributed by atoms with Crippen LogP contribution in [0.5, 0.6) is 0 Å². The molecule has 4 rings (SSSR count). The fourth-order valence-electron chi connectivity index (χ4n) is 4.21. The monoisotopic (exact) mass is 354 g/mol. The molecule has 0 aromatic carbocycles. The summed E-state index contributed by atoms with van der Waals surface area (Å²) in [5.41, 5.74) is 1.19. The van der Waals surface area contributed by atoms with Crippen molar-refractivity contribution in [3.05, 3.63) is 47.0 Å². The molecule has 0 bridgehead atoms. The maximum absolute atomic E-state index is 12.2. The maximum atomic E-state index is 12.2. The Morgan fingerprint density at radius 1 is 1.08 bits per heavy atom. The molecule has 6 nitrogen and oxygen atoms in total. The summed E-state index contributed by atoms with van der Waals surface area (Å²) in [4.78, 5) is 18.5. The standard InChI is InChI=1S/C20H26N4O2/c25-19-5-4-18(17-6-10-21-11-7-17)22-24(19)14-16-12-23(13-16)15-20(26)8-2-1-3-9-20/h4-7,10-11,16,26H,1-3,8-9,12-15H2. The quantitative estimate of drug-likeness (QED) is 0.888. The topological polar surface area (TPSA) is 71.2 Å². The molecule has 2 fully saturated rings. The number of pyridine rings is 1. The summed E-state index contributed by atoms with van der Waals surface area (Å²) in [5, 5.41) is 15.2. The molecule has 138 valence electrons. The summed E-state index contributed by atoms with van der Waals surface area (Å²) < 4.78 is 1.58. The van der Waals surface area contributed by atoms with Gasteiger partial charge in [0, 0.05) is 49.6 Å². The van der Waals surface area contributed by atoms with Crippen LogP contribution in [0.1, 0.15) is 32.1 Å². The molecule has 2 aliphatic rings. The SMILES string of the molecule is O=c1ccc(-c2ccncc2)nn1CC1CN(CC2(O)CCCCC2)C1. The number of nitrogens with zero attached hydrogens (tertiary/aromatic N) is 4. The number of hydrogen-bond donors (Lipinski definition) is 1. The minimum absolute atomic E-state index is 0.0628. The van der Waals surface area contributed by atoms with Crippen LogP contribution < -0.4 is 5.56 Å². The fraction of sp³-hybridized carbons (Fsp3) is 0.550. The number of aromatic nitrogens is 3. The summed E-state index contributed by atoms with van der Waals surface area (Å²) in [6.45, 7) is 3.25. The van der Waals surface area contributed by atoms with Gasteiger partial charge in [0.15, 0.2) is 0 Å². The first kappa shape index (κ1) is 17.4. The third-order valence-electron chi connectivity index (χ3n) is 5.61. The lowest BCUT2D eigenvalue weighted by molar-refractivity contribution is -0.0555. The van der Waals surface area contributed by atoms with Gasteiger partial charge in [0.05, 0.1) is 17.8 Å². The van der Waals surface area contributed by atoms with Crippen LogP contribution in [-0.2, 0) is 6.54 Å². The highest BCUT2D eigenvalue weighted by atomic mass is 16.3. The molecule has 6 heteroatoms. The molecule has 1 N–H and O–H groups in total. The van der Waals surface area contributed by atoms with Crippen molar-refractivity contribution < 1.29 is 5.11 Å². The minimum Gasteiger partial charge on any atom is -0.389 e. The first-order chi connectivity index (χ1) is 12.6. The van der Waals surface area contributed by atoms with Crippen LogP contribution in [0.3, 0.4) is 0 Å². The smallest absolute Gasteiger partial charge is 0.266 e. The van der Waals surface area contributed by atoms with Gasteiger partial charge in [-0.25, -0.2) is 4.68 Å². The fourth-order valence-corrected chi connectivity index (χ4v) is 4.21. The predicted octanol–water partition coefficient (Wildman–Crippen LogP) is 1.93. The average molecular weight is 354 g/mol. The highest BCUT2D eigenvalue weighted by Gasteiger charge is 2.36. The van der Waals surface area contributed by atoms with Gasteiger partial charge < -0.3 is 5.11 Å². The van der Waals surface area contributed by atoms with Gasteiger partial charge in [-0.2, -0.15) is 5.10 Å². The summed E-state index contributed by atoms with van der Waals surface area (Å²) in [5.74, 6) is 0.417. The maximum Gasteiger partial charge on any atom is 0.266 e. The molecule has 1 saturated carbocycles. The largest absolute Gasteiger partial charge is 0.389 e. The lowest BCUT2D eigenvalue weighted by atomic mass is 9.83. The summed E-state index contributed by atoms with van der Waals surface area (Å²) in [7, 11) is 0. The van der Waals surface area contributed by atoms with Gasteiger partial charge in [-0.15, -0.1) is 0 Å². The van der Waals surface area contributed by atoms with Crippen molar-refractivity contribution in [3.8, 4) is 11.3 Å². The Morgan fingerprint density at radius 3 is 2.54 bits per heavy atom. The van der Waals surface area contributed by atoms with Gasteiger partial charge in [-0.05, 0) is 31.0 Å². The zero-order valence-corrected chi connectivity index (χ0v) is 15.0. The lowest BCUT2D eigenvalue weighted by Crippen LogP contribution is -2.55. The summed E-state index contributed by atoms with van der Waals surface area (Å²) in [6, 6.07) is 7.14. The highest BCUT2D eigenvalue weighted by Crippen LogP contribution is 2.31. The van der Waals surface area contributed by atoms with Crippen LogP contribution in [-0.4, -0.2) is 50.0 Å². The normalized spacial score (nSPS) is 20.7. The van der Waals surface area contributed by atoms with Crippen LogP contribution in [0.25, 0.3) is 11.3 Å². The second-order valence-corrected chi connectivity index (χ2v) is 7.82. The number of hydrogen-bond acceptors (Lipinski definition) is 5. The van der Waals surface area contributed by atoms with Crippen molar-refractivity contribution in [3.63, 3.8) is 0 Å². The molecule has 0 radical (unpaired) electrons. The molecule has 0 unspecified atom stereocenters. The van der Waals surface area contributed by atoms with Crippen LogP contribution in [0, 0.1) is 5.92 Å². The Labute approximate surface area is 153 Å². The third-order valence-corrected chi connectivity index (χ3v) is 5.61. The Morgan fingerprint density at radius 2 is 1.81 bits per heavy atom. The molecule has 2 aromatic heterocycles. The van der Waals surface area contributed by atoms with Crippen molar-refractivity contribution in [2.45, 2.75) is 44.2 Å². The average Bonchev–Trinajstić information content (AvgIpc) is 2.63. The third kappa shape index (κ3) is 3.86. The van der Waals surface area contributed by atoms with E-state index in [2.05, 4.69) is 15.0 Å². The van der Waals surface area contributed by atoms with Crippen LogP contribution in [0.4, 0.5) is 0 Å². The van der Waals surface area contributed by atoms with Gasteiger partial charge in [-0.3, -0.25) is 14.7 Å². The molecule has 1 aliphatic heterocycles. The Kier molecular flexibility index (Phi) is 4.87. The van der Waals surface area contributed by atoms with Gasteiger partial charge >= 0.3 is 0 Å². The van der Waals surface area contributed by atoms with Crippen LogP contribution in [0.2, 0.25) is 0 Å². The number of β-amino-alcohol motifs (C(OH)–C–C–N with tert-alkyl or cyclic N) is 1. The number of likely N-dealkylation sites (tertiary alicyclic amines) is 1.